The number of amides is 1. The van der Waals surface area contributed by atoms with Gasteiger partial charge in [0.25, 0.3) is 0 Å². The van der Waals surface area contributed by atoms with Crippen LogP contribution in [0.5, 0.6) is 5.75 Å². The molecule has 0 bridgehead atoms. The van der Waals surface area contributed by atoms with Crippen molar-refractivity contribution >= 4 is 5.91 Å². The molecule has 20 heavy (non-hydrogen) atoms. The first-order valence-corrected chi connectivity index (χ1v) is 7.00. The number of morpholine rings is 1. The van der Waals surface area contributed by atoms with E-state index in [-0.39, 0.29) is 5.91 Å². The highest BCUT2D eigenvalue weighted by molar-refractivity contribution is 5.77. The molecule has 1 aliphatic rings. The molecule has 0 atom stereocenters. The number of benzene rings is 1. The third kappa shape index (κ3) is 5.19. The van der Waals surface area contributed by atoms with Crippen LogP contribution in [-0.4, -0.2) is 56.8 Å². The average Bonchev–Trinajstić information content (AvgIpc) is 2.45. The molecule has 1 aromatic rings. The summed E-state index contributed by atoms with van der Waals surface area (Å²) in [5, 5.41) is 2.87. The van der Waals surface area contributed by atoms with Crippen LogP contribution < -0.4 is 10.1 Å². The Bertz CT molecular complexity index is 431. The number of carbonyl (C=O) groups excluding carboxylic acids is 1. The van der Waals surface area contributed by atoms with E-state index < -0.39 is 0 Å². The van der Waals surface area contributed by atoms with Gasteiger partial charge in [-0.05, 0) is 24.6 Å². The zero-order valence-corrected chi connectivity index (χ0v) is 11.9. The maximum absolute atomic E-state index is 11.7. The van der Waals surface area contributed by atoms with Crippen molar-refractivity contribution in [2.45, 2.75) is 6.92 Å². The zero-order chi connectivity index (χ0) is 14.2. The first-order valence-electron chi connectivity index (χ1n) is 7.00. The van der Waals surface area contributed by atoms with Crippen molar-refractivity contribution in [3.05, 3.63) is 29.8 Å². The minimum atomic E-state index is 0.0414. The molecule has 1 N–H and O–H groups in total. The minimum absolute atomic E-state index is 0.0414. The summed E-state index contributed by atoms with van der Waals surface area (Å²) in [4.78, 5) is 13.8. The molecule has 0 unspecified atom stereocenters. The van der Waals surface area contributed by atoms with E-state index in [4.69, 9.17) is 9.47 Å². The first-order chi connectivity index (χ1) is 9.74. The smallest absolute Gasteiger partial charge is 0.234 e. The molecule has 0 aromatic heterocycles. The Labute approximate surface area is 119 Å². The highest BCUT2D eigenvalue weighted by atomic mass is 16.5. The summed E-state index contributed by atoms with van der Waals surface area (Å²) >= 11 is 0. The number of nitrogens with one attached hydrogen (secondary N) is 1. The molecule has 0 radical (unpaired) electrons. The number of ether oxygens (including phenoxy) is 2. The largest absolute Gasteiger partial charge is 0.492 e. The molecule has 1 fully saturated rings. The van der Waals surface area contributed by atoms with E-state index in [1.165, 1.54) is 5.56 Å². The van der Waals surface area contributed by atoms with Crippen LogP contribution in [0.25, 0.3) is 0 Å². The molecule has 5 heteroatoms. The lowest BCUT2D eigenvalue weighted by Crippen LogP contribution is -2.43. The van der Waals surface area contributed by atoms with Crippen LogP contribution in [0.1, 0.15) is 5.56 Å². The fourth-order valence-corrected chi connectivity index (χ4v) is 2.08. The fourth-order valence-electron chi connectivity index (χ4n) is 2.08. The van der Waals surface area contributed by atoms with Gasteiger partial charge in [-0.2, -0.15) is 0 Å². The summed E-state index contributed by atoms with van der Waals surface area (Å²) < 4.78 is 10.8. The van der Waals surface area contributed by atoms with Gasteiger partial charge in [-0.25, -0.2) is 0 Å². The number of carbonyl (C=O) groups is 1. The van der Waals surface area contributed by atoms with Gasteiger partial charge in [-0.15, -0.1) is 0 Å². The summed E-state index contributed by atoms with van der Waals surface area (Å²) in [5.74, 6) is 0.882. The van der Waals surface area contributed by atoms with Crippen LogP contribution in [0.2, 0.25) is 0 Å². The van der Waals surface area contributed by atoms with E-state index >= 15 is 0 Å². The van der Waals surface area contributed by atoms with Gasteiger partial charge in [0.1, 0.15) is 12.4 Å². The lowest BCUT2D eigenvalue weighted by Gasteiger charge is -2.25. The van der Waals surface area contributed by atoms with E-state index in [0.717, 1.165) is 18.8 Å². The van der Waals surface area contributed by atoms with Crippen molar-refractivity contribution in [1.82, 2.24) is 10.2 Å². The second-order valence-electron chi connectivity index (χ2n) is 4.90. The summed E-state index contributed by atoms with van der Waals surface area (Å²) in [5.41, 5.74) is 1.17. The first kappa shape index (κ1) is 14.8. The number of nitrogens with zero attached hydrogens (tertiary/aromatic N) is 1. The Kier molecular flexibility index (Phi) is 5.83. The van der Waals surface area contributed by atoms with Gasteiger partial charge in [0.15, 0.2) is 0 Å². The van der Waals surface area contributed by atoms with Gasteiger partial charge < -0.3 is 14.8 Å². The molecule has 5 nitrogen and oxygen atoms in total. The number of hydrogen-bond acceptors (Lipinski definition) is 4. The van der Waals surface area contributed by atoms with Gasteiger partial charge >= 0.3 is 0 Å². The molecule has 1 aliphatic heterocycles. The molecule has 1 saturated heterocycles. The van der Waals surface area contributed by atoms with Crippen molar-refractivity contribution in [2.24, 2.45) is 0 Å². The van der Waals surface area contributed by atoms with Crippen LogP contribution in [0.15, 0.2) is 24.3 Å². The Balaban J connectivity index is 1.59. The Morgan fingerprint density at radius 3 is 2.95 bits per heavy atom. The van der Waals surface area contributed by atoms with E-state index in [0.29, 0.717) is 32.9 Å². The van der Waals surface area contributed by atoms with Gasteiger partial charge in [-0.1, -0.05) is 12.1 Å². The summed E-state index contributed by atoms with van der Waals surface area (Å²) in [7, 11) is 0. The van der Waals surface area contributed by atoms with Gasteiger partial charge in [0, 0.05) is 13.1 Å². The normalized spacial score (nSPS) is 15.8. The SMILES string of the molecule is Cc1cccc(OCCNC(=O)CN2CCOCC2)c1. The van der Waals surface area contributed by atoms with Crippen LogP contribution in [-0.2, 0) is 9.53 Å². The lowest BCUT2D eigenvalue weighted by atomic mass is 10.2. The Morgan fingerprint density at radius 2 is 2.20 bits per heavy atom. The molecule has 0 saturated carbocycles. The van der Waals surface area contributed by atoms with Crippen molar-refractivity contribution in [3.63, 3.8) is 0 Å². The molecule has 1 amide bonds. The summed E-state index contributed by atoms with van der Waals surface area (Å²) in [6.45, 7) is 6.55. The predicted octanol–water partition coefficient (Wildman–Crippen LogP) is 0.822. The van der Waals surface area contributed by atoms with Crippen molar-refractivity contribution in [1.29, 1.82) is 0 Å². The highest BCUT2D eigenvalue weighted by Crippen LogP contribution is 2.11. The quantitative estimate of drug-likeness (QED) is 0.783. The molecule has 1 aromatic carbocycles. The maximum Gasteiger partial charge on any atom is 0.234 e. The average molecular weight is 278 g/mol. The van der Waals surface area contributed by atoms with Crippen molar-refractivity contribution in [3.8, 4) is 5.75 Å². The van der Waals surface area contributed by atoms with Crippen LogP contribution in [0.4, 0.5) is 0 Å². The molecule has 110 valence electrons. The lowest BCUT2D eigenvalue weighted by molar-refractivity contribution is -0.123. The fraction of sp³-hybridized carbons (Fsp3) is 0.533. The highest BCUT2D eigenvalue weighted by Gasteiger charge is 2.13. The number of rotatable bonds is 6. The molecule has 2 rings (SSSR count). The van der Waals surface area contributed by atoms with Gasteiger partial charge in [0.05, 0.1) is 26.3 Å². The second-order valence-corrected chi connectivity index (χ2v) is 4.90. The molecular formula is C15H22N2O3. The van der Waals surface area contributed by atoms with E-state index in [2.05, 4.69) is 10.2 Å². The summed E-state index contributed by atoms with van der Waals surface area (Å²) in [6.07, 6.45) is 0. The van der Waals surface area contributed by atoms with E-state index in [9.17, 15) is 4.79 Å². The van der Waals surface area contributed by atoms with Crippen LogP contribution in [0.3, 0.4) is 0 Å². The molecule has 1 heterocycles. The van der Waals surface area contributed by atoms with Gasteiger partial charge in [0.2, 0.25) is 5.91 Å². The van der Waals surface area contributed by atoms with Crippen molar-refractivity contribution in [2.75, 3.05) is 46.0 Å². The predicted molar refractivity (Wildman–Crippen MR) is 76.9 cm³/mol. The second kappa shape index (κ2) is 7.87. The number of aryl methyl sites for hydroxylation is 1. The minimum Gasteiger partial charge on any atom is -0.492 e. The van der Waals surface area contributed by atoms with Crippen LogP contribution >= 0.6 is 0 Å². The standard InChI is InChI=1S/C15H22N2O3/c1-13-3-2-4-14(11-13)20-8-5-16-15(18)12-17-6-9-19-10-7-17/h2-4,11H,5-10,12H2,1H3,(H,16,18). The third-order valence-corrected chi connectivity index (χ3v) is 3.15. The van der Waals surface area contributed by atoms with Crippen LogP contribution in [0, 0.1) is 6.92 Å². The Hall–Kier alpha value is -1.59. The maximum atomic E-state index is 11.7. The van der Waals surface area contributed by atoms with Gasteiger partial charge in [-0.3, -0.25) is 9.69 Å². The monoisotopic (exact) mass is 278 g/mol. The molecule has 0 spiro atoms. The molecular weight excluding hydrogens is 256 g/mol. The summed E-state index contributed by atoms with van der Waals surface area (Å²) in [6, 6.07) is 7.89. The topological polar surface area (TPSA) is 50.8 Å². The number of hydrogen-bond donors (Lipinski definition) is 1. The van der Waals surface area contributed by atoms with E-state index in [1.54, 1.807) is 0 Å². The third-order valence-electron chi connectivity index (χ3n) is 3.15. The van der Waals surface area contributed by atoms with E-state index in [1.807, 2.05) is 31.2 Å². The Morgan fingerprint density at radius 1 is 1.40 bits per heavy atom. The van der Waals surface area contributed by atoms with Crippen molar-refractivity contribution < 1.29 is 14.3 Å². The zero-order valence-electron chi connectivity index (χ0n) is 11.9. The molecule has 0 aliphatic carbocycles.